The van der Waals surface area contributed by atoms with E-state index in [2.05, 4.69) is 4.72 Å². The van der Waals surface area contributed by atoms with Crippen molar-refractivity contribution in [1.29, 1.82) is 0 Å². The van der Waals surface area contributed by atoms with Gasteiger partial charge in [-0.3, -0.25) is 0 Å². The van der Waals surface area contributed by atoms with Crippen molar-refractivity contribution < 1.29 is 13.5 Å². The zero-order chi connectivity index (χ0) is 14.8. The van der Waals surface area contributed by atoms with Crippen molar-refractivity contribution in [2.24, 2.45) is 0 Å². The maximum atomic E-state index is 12.1. The van der Waals surface area contributed by atoms with Crippen LogP contribution in [0.4, 0.5) is 5.69 Å². The first-order chi connectivity index (χ1) is 9.38. The molecule has 0 unspecified atom stereocenters. The summed E-state index contributed by atoms with van der Waals surface area (Å²) in [6.45, 7) is 0.0531. The number of benzene rings is 2. The second-order valence-electron chi connectivity index (χ2n) is 4.18. The summed E-state index contributed by atoms with van der Waals surface area (Å²) in [5.74, 6) is -0.205. The number of sulfonamides is 1. The first kappa shape index (κ1) is 14.6. The van der Waals surface area contributed by atoms with Crippen molar-refractivity contribution in [3.8, 4) is 5.75 Å². The molecule has 5 nitrogen and oxygen atoms in total. The maximum absolute atomic E-state index is 12.1. The molecule has 0 saturated carbocycles. The number of phenolic OH excluding ortho intramolecular Hbond substituents is 1. The zero-order valence-electron chi connectivity index (χ0n) is 10.4. The molecule has 0 aliphatic heterocycles. The third-order valence-electron chi connectivity index (χ3n) is 2.63. The van der Waals surface area contributed by atoms with Gasteiger partial charge in [0.05, 0.1) is 4.90 Å². The minimum Gasteiger partial charge on any atom is -0.508 e. The van der Waals surface area contributed by atoms with E-state index in [4.69, 9.17) is 17.3 Å². The van der Waals surface area contributed by atoms with Gasteiger partial charge in [-0.25, -0.2) is 13.1 Å². The highest BCUT2D eigenvalue weighted by atomic mass is 35.5. The molecule has 2 aromatic carbocycles. The predicted molar refractivity (Wildman–Crippen MR) is 78.0 cm³/mol. The topological polar surface area (TPSA) is 92.4 Å². The molecule has 2 rings (SSSR count). The van der Waals surface area contributed by atoms with Crippen LogP contribution in [0, 0.1) is 0 Å². The van der Waals surface area contributed by atoms with Crippen LogP contribution in [0.1, 0.15) is 5.56 Å². The minimum atomic E-state index is -3.77. The van der Waals surface area contributed by atoms with Crippen LogP contribution in [0.2, 0.25) is 5.02 Å². The Bertz CT molecular complexity index is 712. The van der Waals surface area contributed by atoms with E-state index in [1.54, 1.807) is 24.3 Å². The van der Waals surface area contributed by atoms with Crippen LogP contribution in [-0.2, 0) is 16.6 Å². The van der Waals surface area contributed by atoms with E-state index in [-0.39, 0.29) is 22.9 Å². The summed E-state index contributed by atoms with van der Waals surface area (Å²) < 4.78 is 26.6. The number of aromatic hydroxyl groups is 1. The van der Waals surface area contributed by atoms with E-state index >= 15 is 0 Å². The van der Waals surface area contributed by atoms with E-state index in [0.717, 1.165) is 6.07 Å². The Morgan fingerprint density at radius 1 is 1.20 bits per heavy atom. The van der Waals surface area contributed by atoms with Crippen molar-refractivity contribution >= 4 is 27.3 Å². The largest absolute Gasteiger partial charge is 0.508 e. The molecular weight excluding hydrogens is 300 g/mol. The number of anilines is 1. The van der Waals surface area contributed by atoms with Gasteiger partial charge in [-0.1, -0.05) is 29.8 Å². The van der Waals surface area contributed by atoms with Crippen LogP contribution in [0.15, 0.2) is 47.4 Å². The molecule has 0 bridgehead atoms. The van der Waals surface area contributed by atoms with Crippen LogP contribution in [0.25, 0.3) is 0 Å². The Morgan fingerprint density at radius 3 is 2.55 bits per heavy atom. The third kappa shape index (κ3) is 3.41. The van der Waals surface area contributed by atoms with Gasteiger partial charge in [-0.15, -0.1) is 0 Å². The lowest BCUT2D eigenvalue weighted by molar-refractivity contribution is 0.473. The number of nitrogen functional groups attached to an aromatic ring is 1. The third-order valence-corrected chi connectivity index (χ3v) is 4.38. The Labute approximate surface area is 122 Å². The molecule has 0 aliphatic rings. The van der Waals surface area contributed by atoms with Gasteiger partial charge in [0.1, 0.15) is 5.75 Å². The number of phenols is 1. The van der Waals surface area contributed by atoms with Crippen molar-refractivity contribution in [1.82, 2.24) is 4.72 Å². The molecule has 0 atom stereocenters. The zero-order valence-corrected chi connectivity index (χ0v) is 11.9. The van der Waals surface area contributed by atoms with E-state index in [1.807, 2.05) is 0 Å². The molecule has 2 aromatic rings. The highest BCUT2D eigenvalue weighted by molar-refractivity contribution is 7.89. The number of nitrogens with one attached hydrogen (secondary N) is 1. The Hall–Kier alpha value is -1.76. The number of hydrogen-bond acceptors (Lipinski definition) is 4. The lowest BCUT2D eigenvalue weighted by Gasteiger charge is -2.09. The summed E-state index contributed by atoms with van der Waals surface area (Å²) in [7, 11) is -3.77. The summed E-state index contributed by atoms with van der Waals surface area (Å²) >= 11 is 5.95. The molecule has 0 amide bonds. The summed E-state index contributed by atoms with van der Waals surface area (Å²) in [6, 6.07) is 10.6. The highest BCUT2D eigenvalue weighted by Gasteiger charge is 2.15. The van der Waals surface area contributed by atoms with Crippen LogP contribution >= 0.6 is 11.6 Å². The van der Waals surface area contributed by atoms with Crippen molar-refractivity contribution in [2.75, 3.05) is 5.73 Å². The maximum Gasteiger partial charge on any atom is 0.241 e. The Morgan fingerprint density at radius 2 is 1.90 bits per heavy atom. The summed E-state index contributed by atoms with van der Waals surface area (Å²) in [5, 5.41) is 9.87. The molecule has 0 aliphatic carbocycles. The molecule has 0 aromatic heterocycles. The summed E-state index contributed by atoms with van der Waals surface area (Å²) in [4.78, 5) is -0.0953. The molecule has 0 radical (unpaired) electrons. The second-order valence-corrected chi connectivity index (χ2v) is 6.35. The van der Waals surface area contributed by atoms with Crippen molar-refractivity contribution in [3.05, 3.63) is 53.1 Å². The lowest BCUT2D eigenvalue weighted by atomic mass is 10.2. The van der Waals surface area contributed by atoms with Crippen LogP contribution in [0.5, 0.6) is 5.75 Å². The Balaban J connectivity index is 2.22. The number of hydrogen-bond donors (Lipinski definition) is 3. The SMILES string of the molecule is Nc1cc(O)cc(S(=O)(=O)NCc2ccccc2Cl)c1. The smallest absolute Gasteiger partial charge is 0.241 e. The molecule has 20 heavy (non-hydrogen) atoms. The highest BCUT2D eigenvalue weighted by Crippen LogP contribution is 2.21. The second kappa shape index (κ2) is 5.70. The van der Waals surface area contributed by atoms with E-state index in [9.17, 15) is 13.5 Å². The lowest BCUT2D eigenvalue weighted by Crippen LogP contribution is -2.23. The standard InChI is InChI=1S/C13H13ClN2O3S/c14-13-4-2-1-3-9(13)8-16-20(18,19)12-6-10(15)5-11(17)7-12/h1-7,16-17H,8,15H2. The van der Waals surface area contributed by atoms with Gasteiger partial charge in [0.25, 0.3) is 0 Å². The molecule has 0 saturated heterocycles. The van der Waals surface area contributed by atoms with Crippen LogP contribution < -0.4 is 10.5 Å². The average Bonchev–Trinajstić information content (AvgIpc) is 2.37. The van der Waals surface area contributed by atoms with Crippen LogP contribution in [0.3, 0.4) is 0 Å². The molecular formula is C13H13ClN2O3S. The molecule has 106 valence electrons. The molecule has 4 N–H and O–H groups in total. The van der Waals surface area contributed by atoms with Crippen LogP contribution in [-0.4, -0.2) is 13.5 Å². The van der Waals surface area contributed by atoms with Crippen molar-refractivity contribution in [3.63, 3.8) is 0 Å². The average molecular weight is 313 g/mol. The number of nitrogens with two attached hydrogens (primary N) is 1. The molecule has 0 heterocycles. The van der Waals surface area contributed by atoms with Crippen molar-refractivity contribution in [2.45, 2.75) is 11.4 Å². The predicted octanol–water partition coefficient (Wildman–Crippen LogP) is 2.11. The normalized spacial score (nSPS) is 11.4. The minimum absolute atomic E-state index is 0.0531. The summed E-state index contributed by atoms with van der Waals surface area (Å²) in [6.07, 6.45) is 0. The van der Waals surface area contributed by atoms with Gasteiger partial charge in [0.15, 0.2) is 0 Å². The molecule has 0 spiro atoms. The van der Waals surface area contributed by atoms with E-state index in [1.165, 1.54) is 12.1 Å². The molecule has 0 fully saturated rings. The van der Waals surface area contributed by atoms with E-state index in [0.29, 0.717) is 10.6 Å². The summed E-state index contributed by atoms with van der Waals surface area (Å²) in [5.41, 5.74) is 6.34. The fourth-order valence-electron chi connectivity index (χ4n) is 1.66. The monoisotopic (exact) mass is 312 g/mol. The van der Waals surface area contributed by atoms with Gasteiger partial charge < -0.3 is 10.8 Å². The van der Waals surface area contributed by atoms with Gasteiger partial charge in [-0.2, -0.15) is 0 Å². The van der Waals surface area contributed by atoms with Gasteiger partial charge in [0, 0.05) is 29.4 Å². The number of rotatable bonds is 4. The van der Waals surface area contributed by atoms with Gasteiger partial charge in [0.2, 0.25) is 10.0 Å². The number of halogens is 1. The fraction of sp³-hybridized carbons (Fsp3) is 0.0769. The van der Waals surface area contributed by atoms with Gasteiger partial charge >= 0.3 is 0 Å². The Kier molecular flexibility index (Phi) is 4.17. The van der Waals surface area contributed by atoms with Gasteiger partial charge in [-0.05, 0) is 17.7 Å². The first-order valence-corrected chi connectivity index (χ1v) is 7.57. The first-order valence-electron chi connectivity index (χ1n) is 5.71. The van der Waals surface area contributed by atoms with E-state index < -0.39 is 10.0 Å². The quantitative estimate of drug-likeness (QED) is 0.754. The fourth-order valence-corrected chi connectivity index (χ4v) is 2.94. The molecule has 7 heteroatoms.